The number of aryl methyl sites for hydroxylation is 1. The van der Waals surface area contributed by atoms with Crippen molar-refractivity contribution in [1.29, 1.82) is 0 Å². The van der Waals surface area contributed by atoms with Gasteiger partial charge >= 0.3 is 0 Å². The van der Waals surface area contributed by atoms with E-state index in [4.69, 9.17) is 9.47 Å². The minimum atomic E-state index is 0.591. The SMILES string of the molecule is CCOCCOc1cccc(CNCc2ccccc2C)c1. The van der Waals surface area contributed by atoms with E-state index in [9.17, 15) is 0 Å². The van der Waals surface area contributed by atoms with Crippen LogP contribution in [0.25, 0.3) is 0 Å². The molecule has 0 aliphatic carbocycles. The zero-order valence-electron chi connectivity index (χ0n) is 13.5. The molecule has 2 rings (SSSR count). The molecule has 0 heterocycles. The first-order valence-electron chi connectivity index (χ1n) is 7.84. The van der Waals surface area contributed by atoms with Crippen molar-refractivity contribution >= 4 is 0 Å². The molecule has 0 spiro atoms. The molecule has 118 valence electrons. The topological polar surface area (TPSA) is 30.5 Å². The van der Waals surface area contributed by atoms with Gasteiger partial charge < -0.3 is 14.8 Å². The van der Waals surface area contributed by atoms with Crippen molar-refractivity contribution in [2.24, 2.45) is 0 Å². The summed E-state index contributed by atoms with van der Waals surface area (Å²) in [6.07, 6.45) is 0. The van der Waals surface area contributed by atoms with Crippen LogP contribution in [0.5, 0.6) is 5.75 Å². The van der Waals surface area contributed by atoms with Gasteiger partial charge in [0.05, 0.1) is 6.61 Å². The van der Waals surface area contributed by atoms with Crippen LogP contribution in [0, 0.1) is 6.92 Å². The third-order valence-electron chi connectivity index (χ3n) is 3.50. The molecule has 0 bridgehead atoms. The van der Waals surface area contributed by atoms with Crippen LogP contribution in [0.4, 0.5) is 0 Å². The van der Waals surface area contributed by atoms with Crippen molar-refractivity contribution in [1.82, 2.24) is 5.32 Å². The number of hydrogen-bond acceptors (Lipinski definition) is 3. The van der Waals surface area contributed by atoms with E-state index in [1.165, 1.54) is 16.7 Å². The van der Waals surface area contributed by atoms with E-state index in [1.807, 2.05) is 19.1 Å². The minimum absolute atomic E-state index is 0.591. The van der Waals surface area contributed by atoms with E-state index in [-0.39, 0.29) is 0 Å². The molecule has 0 aliphatic rings. The van der Waals surface area contributed by atoms with Gasteiger partial charge in [-0.1, -0.05) is 36.4 Å². The average Bonchev–Trinajstić information content (AvgIpc) is 2.54. The average molecular weight is 299 g/mol. The lowest BCUT2D eigenvalue weighted by Crippen LogP contribution is -2.13. The van der Waals surface area contributed by atoms with Crippen LogP contribution in [0.2, 0.25) is 0 Å². The highest BCUT2D eigenvalue weighted by Crippen LogP contribution is 2.13. The molecule has 0 radical (unpaired) electrons. The summed E-state index contributed by atoms with van der Waals surface area (Å²) in [5.41, 5.74) is 3.89. The fourth-order valence-electron chi connectivity index (χ4n) is 2.26. The largest absolute Gasteiger partial charge is 0.491 e. The van der Waals surface area contributed by atoms with Crippen molar-refractivity contribution in [2.75, 3.05) is 19.8 Å². The highest BCUT2D eigenvalue weighted by Gasteiger charge is 1.99. The second kappa shape index (κ2) is 9.23. The van der Waals surface area contributed by atoms with Gasteiger partial charge in [0.2, 0.25) is 0 Å². The summed E-state index contributed by atoms with van der Waals surface area (Å²) in [7, 11) is 0. The molecule has 0 aromatic heterocycles. The van der Waals surface area contributed by atoms with Crippen LogP contribution in [-0.4, -0.2) is 19.8 Å². The Bertz CT molecular complexity index is 569. The van der Waals surface area contributed by atoms with Crippen molar-refractivity contribution in [2.45, 2.75) is 26.9 Å². The van der Waals surface area contributed by atoms with Gasteiger partial charge in [0, 0.05) is 19.7 Å². The predicted octanol–water partition coefficient (Wildman–Crippen LogP) is 3.70. The number of benzene rings is 2. The molecule has 0 unspecified atom stereocenters. The summed E-state index contributed by atoms with van der Waals surface area (Å²) in [5, 5.41) is 3.48. The standard InChI is InChI=1S/C19H25NO2/c1-3-21-11-12-22-19-10-6-8-17(13-19)14-20-15-18-9-5-4-7-16(18)2/h4-10,13,20H,3,11-12,14-15H2,1-2H3. The quantitative estimate of drug-likeness (QED) is 0.716. The van der Waals surface area contributed by atoms with E-state index in [0.717, 1.165) is 25.4 Å². The number of hydrogen-bond donors (Lipinski definition) is 1. The van der Waals surface area contributed by atoms with E-state index in [2.05, 4.69) is 48.6 Å². The summed E-state index contributed by atoms with van der Waals surface area (Å²) < 4.78 is 11.0. The molecule has 22 heavy (non-hydrogen) atoms. The molecule has 0 saturated carbocycles. The molecule has 2 aromatic rings. The Kier molecular flexibility index (Phi) is 6.94. The van der Waals surface area contributed by atoms with Crippen molar-refractivity contribution in [3.8, 4) is 5.75 Å². The van der Waals surface area contributed by atoms with E-state index >= 15 is 0 Å². The van der Waals surface area contributed by atoms with Gasteiger partial charge in [-0.05, 0) is 42.7 Å². The van der Waals surface area contributed by atoms with E-state index in [1.54, 1.807) is 0 Å². The van der Waals surface area contributed by atoms with Gasteiger partial charge in [0.1, 0.15) is 12.4 Å². The minimum Gasteiger partial charge on any atom is -0.491 e. The van der Waals surface area contributed by atoms with Gasteiger partial charge in [0.25, 0.3) is 0 Å². The van der Waals surface area contributed by atoms with E-state index in [0.29, 0.717) is 13.2 Å². The molecule has 0 aliphatic heterocycles. The van der Waals surface area contributed by atoms with Crippen molar-refractivity contribution in [3.05, 3.63) is 65.2 Å². The molecular weight excluding hydrogens is 274 g/mol. The van der Waals surface area contributed by atoms with Gasteiger partial charge in [0.15, 0.2) is 0 Å². The lowest BCUT2D eigenvalue weighted by Gasteiger charge is -2.10. The highest BCUT2D eigenvalue weighted by molar-refractivity contribution is 5.29. The predicted molar refractivity (Wildman–Crippen MR) is 90.2 cm³/mol. The molecule has 0 fully saturated rings. The lowest BCUT2D eigenvalue weighted by molar-refractivity contribution is 0.110. The Morgan fingerprint density at radius 1 is 0.955 bits per heavy atom. The normalized spacial score (nSPS) is 10.6. The molecule has 0 amide bonds. The summed E-state index contributed by atoms with van der Waals surface area (Å²) in [4.78, 5) is 0. The van der Waals surface area contributed by atoms with Crippen LogP contribution >= 0.6 is 0 Å². The summed E-state index contributed by atoms with van der Waals surface area (Å²) in [6.45, 7) is 7.79. The van der Waals surface area contributed by atoms with Gasteiger partial charge in [-0.2, -0.15) is 0 Å². The monoisotopic (exact) mass is 299 g/mol. The fourth-order valence-corrected chi connectivity index (χ4v) is 2.26. The third-order valence-corrected chi connectivity index (χ3v) is 3.50. The molecule has 1 N–H and O–H groups in total. The van der Waals surface area contributed by atoms with Gasteiger partial charge in [-0.3, -0.25) is 0 Å². The Hall–Kier alpha value is -1.84. The van der Waals surface area contributed by atoms with Crippen LogP contribution in [0.1, 0.15) is 23.6 Å². The second-order valence-electron chi connectivity index (χ2n) is 5.22. The molecule has 2 aromatic carbocycles. The molecule has 3 nitrogen and oxygen atoms in total. The maximum absolute atomic E-state index is 5.68. The Labute approximate surface area is 133 Å². The Morgan fingerprint density at radius 2 is 1.82 bits per heavy atom. The maximum Gasteiger partial charge on any atom is 0.119 e. The summed E-state index contributed by atoms with van der Waals surface area (Å²) >= 11 is 0. The molecule has 3 heteroatoms. The first-order valence-corrected chi connectivity index (χ1v) is 7.84. The third kappa shape index (κ3) is 5.51. The van der Waals surface area contributed by atoms with Crippen LogP contribution in [0.3, 0.4) is 0 Å². The zero-order chi connectivity index (χ0) is 15.6. The highest BCUT2D eigenvalue weighted by atomic mass is 16.5. The summed E-state index contributed by atoms with van der Waals surface area (Å²) in [6, 6.07) is 16.7. The Morgan fingerprint density at radius 3 is 2.64 bits per heavy atom. The maximum atomic E-state index is 5.68. The number of ether oxygens (including phenoxy) is 2. The van der Waals surface area contributed by atoms with Crippen molar-refractivity contribution in [3.63, 3.8) is 0 Å². The number of rotatable bonds is 9. The van der Waals surface area contributed by atoms with Crippen LogP contribution in [0.15, 0.2) is 48.5 Å². The first kappa shape index (κ1) is 16.5. The molecular formula is C19H25NO2. The van der Waals surface area contributed by atoms with E-state index < -0.39 is 0 Å². The van der Waals surface area contributed by atoms with Crippen LogP contribution in [-0.2, 0) is 17.8 Å². The van der Waals surface area contributed by atoms with Gasteiger partial charge in [-0.15, -0.1) is 0 Å². The molecule has 0 saturated heterocycles. The first-order chi connectivity index (χ1) is 10.8. The smallest absolute Gasteiger partial charge is 0.119 e. The van der Waals surface area contributed by atoms with Gasteiger partial charge in [-0.25, -0.2) is 0 Å². The molecule has 0 atom stereocenters. The van der Waals surface area contributed by atoms with Crippen LogP contribution < -0.4 is 10.1 Å². The number of nitrogens with one attached hydrogen (secondary N) is 1. The lowest BCUT2D eigenvalue weighted by atomic mass is 10.1. The summed E-state index contributed by atoms with van der Waals surface area (Å²) in [5.74, 6) is 0.898. The second-order valence-corrected chi connectivity index (χ2v) is 5.22. The fraction of sp³-hybridized carbons (Fsp3) is 0.368. The Balaban J connectivity index is 1.79. The van der Waals surface area contributed by atoms with Crippen molar-refractivity contribution < 1.29 is 9.47 Å². The zero-order valence-corrected chi connectivity index (χ0v) is 13.5.